The lowest BCUT2D eigenvalue weighted by Gasteiger charge is -2.43. The Morgan fingerprint density at radius 3 is 2.30 bits per heavy atom. The Labute approximate surface area is 180 Å². The van der Waals surface area contributed by atoms with Crippen molar-refractivity contribution in [3.05, 3.63) is 34.9 Å². The van der Waals surface area contributed by atoms with E-state index >= 15 is 0 Å². The molecule has 0 N–H and O–H groups in total. The molecule has 0 spiro atoms. The van der Waals surface area contributed by atoms with Crippen molar-refractivity contribution in [2.45, 2.75) is 70.4 Å². The Bertz CT molecular complexity index is 790. The first kappa shape index (κ1) is 20.0. The summed E-state index contributed by atoms with van der Waals surface area (Å²) >= 11 is 0. The fourth-order valence-corrected chi connectivity index (χ4v) is 5.71. The second-order valence-corrected chi connectivity index (χ2v) is 9.82. The van der Waals surface area contributed by atoms with Gasteiger partial charge in [0.1, 0.15) is 0 Å². The smallest absolute Gasteiger partial charge is 0.253 e. The van der Waals surface area contributed by atoms with E-state index in [2.05, 4.69) is 17.0 Å². The van der Waals surface area contributed by atoms with Gasteiger partial charge in [-0.25, -0.2) is 0 Å². The summed E-state index contributed by atoms with van der Waals surface area (Å²) in [5.41, 5.74) is 3.28. The molecule has 0 bridgehead atoms. The fraction of sp³-hybridized carbons (Fsp3) is 0.680. The topological polar surface area (TPSA) is 43.9 Å². The van der Waals surface area contributed by atoms with E-state index in [1.54, 1.807) is 0 Å². The third-order valence-electron chi connectivity index (χ3n) is 7.95. The van der Waals surface area contributed by atoms with Crippen LogP contribution in [-0.4, -0.2) is 65.3 Å². The van der Waals surface area contributed by atoms with Gasteiger partial charge in [-0.1, -0.05) is 25.3 Å². The number of nitrogens with zero attached hydrogens (tertiary/aromatic N) is 3. The molecule has 0 aromatic heterocycles. The molecule has 1 saturated heterocycles. The second-order valence-electron chi connectivity index (χ2n) is 9.82. The van der Waals surface area contributed by atoms with Crippen LogP contribution in [0.15, 0.2) is 18.2 Å². The lowest BCUT2D eigenvalue weighted by atomic mass is 9.91. The molecule has 0 atom stereocenters. The van der Waals surface area contributed by atoms with E-state index in [4.69, 9.17) is 0 Å². The third kappa shape index (κ3) is 4.14. The van der Waals surface area contributed by atoms with E-state index in [1.165, 1.54) is 56.1 Å². The van der Waals surface area contributed by atoms with E-state index in [0.29, 0.717) is 18.4 Å². The molecule has 2 amide bonds. The fourth-order valence-electron chi connectivity index (χ4n) is 5.71. The van der Waals surface area contributed by atoms with Gasteiger partial charge in [0.25, 0.3) is 5.91 Å². The number of piperazine rings is 1. The van der Waals surface area contributed by atoms with Gasteiger partial charge < -0.3 is 9.80 Å². The van der Waals surface area contributed by atoms with Crippen molar-refractivity contribution in [3.8, 4) is 0 Å². The molecule has 2 heterocycles. The molecule has 1 aromatic rings. The maximum absolute atomic E-state index is 13.1. The number of carbonyl (C=O) groups is 2. The molecule has 1 aromatic carbocycles. The van der Waals surface area contributed by atoms with Gasteiger partial charge in [0.2, 0.25) is 5.91 Å². The second kappa shape index (κ2) is 8.70. The number of hydrogen-bond acceptors (Lipinski definition) is 3. The number of fused-ring (bicyclic) bond motifs is 1. The van der Waals surface area contributed by atoms with Crippen LogP contribution in [0.4, 0.5) is 0 Å². The summed E-state index contributed by atoms with van der Waals surface area (Å²) in [7, 11) is 0. The molecule has 30 heavy (non-hydrogen) atoms. The number of hydrogen-bond donors (Lipinski definition) is 0. The highest BCUT2D eigenvalue weighted by molar-refractivity contribution is 5.94. The Kier molecular flexibility index (Phi) is 5.81. The average molecular weight is 410 g/mol. The first-order chi connectivity index (χ1) is 14.7. The quantitative estimate of drug-likeness (QED) is 0.765. The third-order valence-corrected chi connectivity index (χ3v) is 7.95. The van der Waals surface area contributed by atoms with E-state index in [9.17, 15) is 9.59 Å². The van der Waals surface area contributed by atoms with Crippen LogP contribution in [0, 0.1) is 5.92 Å². The minimum atomic E-state index is 0.172. The summed E-state index contributed by atoms with van der Waals surface area (Å²) in [4.78, 5) is 32.4. The first-order valence-corrected chi connectivity index (χ1v) is 12.1. The number of rotatable bonds is 4. The highest BCUT2D eigenvalue weighted by atomic mass is 16.2. The summed E-state index contributed by atoms with van der Waals surface area (Å²) in [6, 6.07) is 6.92. The molecule has 5 nitrogen and oxygen atoms in total. The van der Waals surface area contributed by atoms with E-state index in [0.717, 1.165) is 57.2 Å². The lowest BCUT2D eigenvalue weighted by Crippen LogP contribution is -2.53. The lowest BCUT2D eigenvalue weighted by molar-refractivity contribution is -0.133. The minimum Gasteiger partial charge on any atom is -0.338 e. The molecule has 5 heteroatoms. The van der Waals surface area contributed by atoms with Crippen molar-refractivity contribution < 1.29 is 9.59 Å². The maximum atomic E-state index is 13.1. The van der Waals surface area contributed by atoms with Crippen molar-refractivity contribution in [2.75, 3.05) is 32.7 Å². The van der Waals surface area contributed by atoms with Gasteiger partial charge >= 0.3 is 0 Å². The normalized spacial score (nSPS) is 23.3. The molecule has 0 radical (unpaired) electrons. The van der Waals surface area contributed by atoms with E-state index in [-0.39, 0.29) is 5.91 Å². The van der Waals surface area contributed by atoms with E-state index in [1.807, 2.05) is 15.9 Å². The Hall–Kier alpha value is -1.88. The van der Waals surface area contributed by atoms with Crippen molar-refractivity contribution in [1.29, 1.82) is 0 Å². The monoisotopic (exact) mass is 409 g/mol. The summed E-state index contributed by atoms with van der Waals surface area (Å²) in [6.07, 6.45) is 10.6. The summed E-state index contributed by atoms with van der Waals surface area (Å²) in [6.45, 7) is 5.20. The van der Waals surface area contributed by atoms with Crippen LogP contribution in [0.3, 0.4) is 0 Å². The molecule has 5 rings (SSSR count). The van der Waals surface area contributed by atoms with E-state index < -0.39 is 0 Å². The predicted octanol–water partition coefficient (Wildman–Crippen LogP) is 3.46. The highest BCUT2D eigenvalue weighted by Crippen LogP contribution is 2.30. The van der Waals surface area contributed by atoms with Crippen LogP contribution >= 0.6 is 0 Å². The standard InChI is InChI=1S/C25H35N3O2/c29-24(16-19-4-1-2-5-19)28-11-10-20-17-21(8-9-22(20)18-28)25(30)27-14-12-26(13-15-27)23-6-3-7-23/h8-9,17,19,23H,1-7,10-16,18H2. The summed E-state index contributed by atoms with van der Waals surface area (Å²) in [5.74, 6) is 1.09. The molecule has 4 aliphatic rings. The van der Waals surface area contributed by atoms with Crippen LogP contribution < -0.4 is 0 Å². The van der Waals surface area contributed by atoms with Crippen molar-refractivity contribution in [1.82, 2.24) is 14.7 Å². The number of carbonyl (C=O) groups excluding carboxylic acids is 2. The van der Waals surface area contributed by atoms with Gasteiger partial charge in [0.05, 0.1) is 0 Å². The number of amides is 2. The van der Waals surface area contributed by atoms with Gasteiger partial charge in [0.15, 0.2) is 0 Å². The summed E-state index contributed by atoms with van der Waals surface area (Å²) in [5, 5.41) is 0. The van der Waals surface area contributed by atoms with Gasteiger partial charge in [-0.15, -0.1) is 0 Å². The Morgan fingerprint density at radius 1 is 0.833 bits per heavy atom. The van der Waals surface area contributed by atoms with Crippen LogP contribution in [-0.2, 0) is 17.8 Å². The van der Waals surface area contributed by atoms with Crippen molar-refractivity contribution in [3.63, 3.8) is 0 Å². The molecule has 0 unspecified atom stereocenters. The Balaban J connectivity index is 1.18. The molecule has 3 fully saturated rings. The Morgan fingerprint density at radius 2 is 1.60 bits per heavy atom. The molecule has 2 aliphatic heterocycles. The van der Waals surface area contributed by atoms with Gasteiger partial charge in [-0.05, 0) is 61.3 Å². The molecule has 2 saturated carbocycles. The largest absolute Gasteiger partial charge is 0.338 e. The van der Waals surface area contributed by atoms with Crippen molar-refractivity contribution >= 4 is 11.8 Å². The van der Waals surface area contributed by atoms with Crippen LogP contribution in [0.2, 0.25) is 0 Å². The first-order valence-electron chi connectivity index (χ1n) is 12.1. The van der Waals surface area contributed by atoms with Crippen LogP contribution in [0.25, 0.3) is 0 Å². The molecule has 2 aliphatic carbocycles. The minimum absolute atomic E-state index is 0.172. The predicted molar refractivity (Wildman–Crippen MR) is 117 cm³/mol. The zero-order valence-electron chi connectivity index (χ0n) is 18.2. The molecular formula is C25H35N3O2. The van der Waals surface area contributed by atoms with Crippen LogP contribution in [0.5, 0.6) is 0 Å². The molecule has 162 valence electrons. The summed E-state index contributed by atoms with van der Waals surface area (Å²) < 4.78 is 0. The SMILES string of the molecule is O=C(CC1CCCC1)N1CCc2cc(C(=O)N3CCN(C4CCC4)CC3)ccc2C1. The number of benzene rings is 1. The van der Waals surface area contributed by atoms with Gasteiger partial charge in [-0.2, -0.15) is 0 Å². The maximum Gasteiger partial charge on any atom is 0.253 e. The van der Waals surface area contributed by atoms with Gasteiger partial charge in [-0.3, -0.25) is 14.5 Å². The average Bonchev–Trinajstić information content (AvgIpc) is 3.25. The zero-order valence-corrected chi connectivity index (χ0v) is 18.2. The van der Waals surface area contributed by atoms with Crippen molar-refractivity contribution in [2.24, 2.45) is 5.92 Å². The van der Waals surface area contributed by atoms with Gasteiger partial charge in [0, 0.05) is 57.3 Å². The highest BCUT2D eigenvalue weighted by Gasteiger charge is 2.30. The molecular weight excluding hydrogens is 374 g/mol. The van der Waals surface area contributed by atoms with Crippen LogP contribution in [0.1, 0.15) is 72.9 Å². The zero-order chi connectivity index (χ0) is 20.5.